The van der Waals surface area contributed by atoms with Crippen molar-refractivity contribution in [3.8, 4) is 0 Å². The van der Waals surface area contributed by atoms with Crippen LogP contribution in [0.5, 0.6) is 0 Å². The molecule has 1 aliphatic rings. The Morgan fingerprint density at radius 3 is 2.53 bits per heavy atom. The van der Waals surface area contributed by atoms with E-state index in [2.05, 4.69) is 15.0 Å². The molecule has 0 unspecified atom stereocenters. The summed E-state index contributed by atoms with van der Waals surface area (Å²) in [6.45, 7) is 4.14. The van der Waals surface area contributed by atoms with Gasteiger partial charge in [-0.15, -0.1) is 0 Å². The van der Waals surface area contributed by atoms with E-state index in [1.54, 1.807) is 0 Å². The molecular formula is C13H19N3O. The van der Waals surface area contributed by atoms with Crippen LogP contribution in [0.3, 0.4) is 0 Å². The lowest BCUT2D eigenvalue weighted by molar-refractivity contribution is 0.322. The molecule has 0 bridgehead atoms. The van der Waals surface area contributed by atoms with Crippen LogP contribution in [0.25, 0.3) is 0 Å². The van der Waals surface area contributed by atoms with Gasteiger partial charge in [0.1, 0.15) is 5.82 Å². The van der Waals surface area contributed by atoms with Crippen LogP contribution in [0.4, 0.5) is 5.82 Å². The average Bonchev–Trinajstić information content (AvgIpc) is 2.60. The molecule has 2 rings (SSSR count). The Kier molecular flexibility index (Phi) is 3.96. The van der Waals surface area contributed by atoms with Gasteiger partial charge in [-0.3, -0.25) is 0 Å². The van der Waals surface area contributed by atoms with Gasteiger partial charge in [-0.1, -0.05) is 18.0 Å². The predicted octanol–water partition coefficient (Wildman–Crippen LogP) is 2.58. The molecule has 0 saturated carbocycles. The molecule has 1 saturated heterocycles. The topological polar surface area (TPSA) is 48.7 Å². The number of aryl methyl sites for hydroxylation is 1. The van der Waals surface area contributed by atoms with Crippen molar-refractivity contribution in [2.45, 2.75) is 32.6 Å². The number of oxime groups is 1. The first-order valence-corrected chi connectivity index (χ1v) is 6.21. The molecule has 0 atom stereocenters. The fourth-order valence-electron chi connectivity index (χ4n) is 2.23. The summed E-state index contributed by atoms with van der Waals surface area (Å²) in [5.74, 6) is 1.04. The van der Waals surface area contributed by atoms with Crippen molar-refractivity contribution in [2.75, 3.05) is 18.0 Å². The Morgan fingerprint density at radius 2 is 1.94 bits per heavy atom. The summed E-state index contributed by atoms with van der Waals surface area (Å²) in [4.78, 5) is 6.93. The van der Waals surface area contributed by atoms with Crippen LogP contribution in [0, 0.1) is 6.92 Å². The molecule has 0 spiro atoms. The molecular weight excluding hydrogens is 214 g/mol. The fourth-order valence-corrected chi connectivity index (χ4v) is 2.23. The van der Waals surface area contributed by atoms with E-state index < -0.39 is 0 Å². The minimum atomic E-state index is 0.867. The van der Waals surface area contributed by atoms with Crippen molar-refractivity contribution < 1.29 is 5.21 Å². The summed E-state index contributed by atoms with van der Waals surface area (Å²) in [5, 5.41) is 11.6. The van der Waals surface area contributed by atoms with Gasteiger partial charge in [-0.2, -0.15) is 0 Å². The number of pyridine rings is 1. The highest BCUT2D eigenvalue weighted by atomic mass is 16.4. The summed E-state index contributed by atoms with van der Waals surface area (Å²) in [6, 6.07) is 3.97. The first-order chi connectivity index (χ1) is 8.31. The van der Waals surface area contributed by atoms with Crippen LogP contribution >= 0.6 is 0 Å². The monoisotopic (exact) mass is 233 g/mol. The average molecular weight is 233 g/mol. The zero-order valence-corrected chi connectivity index (χ0v) is 10.3. The molecule has 1 fully saturated rings. The van der Waals surface area contributed by atoms with E-state index in [9.17, 15) is 0 Å². The molecule has 0 radical (unpaired) electrons. The van der Waals surface area contributed by atoms with Crippen LogP contribution in [0.2, 0.25) is 0 Å². The lowest BCUT2D eigenvalue weighted by atomic mass is 10.2. The Balaban J connectivity index is 2.18. The number of hydrogen-bond acceptors (Lipinski definition) is 4. The first kappa shape index (κ1) is 11.9. The van der Waals surface area contributed by atoms with Gasteiger partial charge < -0.3 is 10.1 Å². The largest absolute Gasteiger partial charge is 0.411 e. The maximum Gasteiger partial charge on any atom is 0.128 e. The van der Waals surface area contributed by atoms with E-state index in [-0.39, 0.29) is 0 Å². The number of rotatable bonds is 2. The van der Waals surface area contributed by atoms with Crippen molar-refractivity contribution in [1.82, 2.24) is 4.98 Å². The fraction of sp³-hybridized carbons (Fsp3) is 0.538. The Hall–Kier alpha value is -1.58. The van der Waals surface area contributed by atoms with Gasteiger partial charge in [-0.25, -0.2) is 4.98 Å². The normalized spacial score (nSPS) is 17.4. The molecule has 4 nitrogen and oxygen atoms in total. The number of nitrogens with zero attached hydrogens (tertiary/aromatic N) is 3. The lowest BCUT2D eigenvalue weighted by Crippen LogP contribution is -2.25. The van der Waals surface area contributed by atoms with E-state index in [1.807, 2.05) is 19.1 Å². The molecule has 4 heteroatoms. The van der Waals surface area contributed by atoms with Crippen LogP contribution in [0.15, 0.2) is 17.3 Å². The van der Waals surface area contributed by atoms with Crippen LogP contribution in [0.1, 0.15) is 36.9 Å². The zero-order chi connectivity index (χ0) is 12.1. The van der Waals surface area contributed by atoms with E-state index in [0.717, 1.165) is 30.2 Å². The van der Waals surface area contributed by atoms with Gasteiger partial charge >= 0.3 is 0 Å². The minimum Gasteiger partial charge on any atom is -0.411 e. The van der Waals surface area contributed by atoms with Gasteiger partial charge in [0, 0.05) is 24.3 Å². The van der Waals surface area contributed by atoms with Crippen LogP contribution in [-0.2, 0) is 0 Å². The van der Waals surface area contributed by atoms with Crippen molar-refractivity contribution in [1.29, 1.82) is 0 Å². The molecule has 1 aromatic rings. The third-order valence-corrected chi connectivity index (χ3v) is 3.24. The highest BCUT2D eigenvalue weighted by Gasteiger charge is 2.11. The minimum absolute atomic E-state index is 0.867. The first-order valence-electron chi connectivity index (χ1n) is 6.21. The molecule has 0 aliphatic carbocycles. The predicted molar refractivity (Wildman–Crippen MR) is 69.0 cm³/mol. The standard InChI is InChI=1S/C13H19N3O/c1-11-12(10-14-17)6-7-13(15-11)16-8-4-2-3-5-9-16/h6-7,10,17H,2-5,8-9H2,1H3/b14-10+. The van der Waals surface area contributed by atoms with Crippen molar-refractivity contribution in [3.05, 3.63) is 23.4 Å². The van der Waals surface area contributed by atoms with E-state index in [1.165, 1.54) is 31.9 Å². The van der Waals surface area contributed by atoms with Crippen LogP contribution < -0.4 is 4.90 Å². The van der Waals surface area contributed by atoms with E-state index in [4.69, 9.17) is 5.21 Å². The van der Waals surface area contributed by atoms with Crippen molar-refractivity contribution in [3.63, 3.8) is 0 Å². The van der Waals surface area contributed by atoms with Gasteiger partial charge in [-0.05, 0) is 31.9 Å². The third kappa shape index (κ3) is 2.96. The maximum atomic E-state index is 8.53. The van der Waals surface area contributed by atoms with Gasteiger partial charge in [0.25, 0.3) is 0 Å². The van der Waals surface area contributed by atoms with Crippen molar-refractivity contribution in [2.24, 2.45) is 5.16 Å². The summed E-state index contributed by atoms with van der Waals surface area (Å²) >= 11 is 0. The molecule has 17 heavy (non-hydrogen) atoms. The third-order valence-electron chi connectivity index (χ3n) is 3.24. The number of anilines is 1. The molecule has 0 aromatic carbocycles. The quantitative estimate of drug-likeness (QED) is 0.485. The lowest BCUT2D eigenvalue weighted by Gasteiger charge is -2.21. The Morgan fingerprint density at radius 1 is 1.24 bits per heavy atom. The summed E-state index contributed by atoms with van der Waals surface area (Å²) in [7, 11) is 0. The summed E-state index contributed by atoms with van der Waals surface area (Å²) < 4.78 is 0. The molecule has 1 N–H and O–H groups in total. The second-order valence-electron chi connectivity index (χ2n) is 4.49. The number of hydrogen-bond donors (Lipinski definition) is 1. The Bertz CT molecular complexity index is 396. The molecule has 1 aromatic heterocycles. The molecule has 1 aliphatic heterocycles. The smallest absolute Gasteiger partial charge is 0.128 e. The van der Waals surface area contributed by atoms with Crippen LogP contribution in [-0.4, -0.2) is 29.5 Å². The van der Waals surface area contributed by atoms with E-state index >= 15 is 0 Å². The molecule has 0 amide bonds. The second kappa shape index (κ2) is 5.66. The molecule has 92 valence electrons. The molecule has 2 heterocycles. The summed E-state index contributed by atoms with van der Waals surface area (Å²) in [5.41, 5.74) is 1.77. The van der Waals surface area contributed by atoms with Gasteiger partial charge in [0.2, 0.25) is 0 Å². The van der Waals surface area contributed by atoms with Crippen molar-refractivity contribution >= 4 is 12.0 Å². The van der Waals surface area contributed by atoms with Gasteiger partial charge in [0.05, 0.1) is 6.21 Å². The second-order valence-corrected chi connectivity index (χ2v) is 4.49. The highest BCUT2D eigenvalue weighted by Crippen LogP contribution is 2.18. The highest BCUT2D eigenvalue weighted by molar-refractivity contribution is 5.80. The van der Waals surface area contributed by atoms with Gasteiger partial charge in [0.15, 0.2) is 0 Å². The maximum absolute atomic E-state index is 8.53. The number of aromatic nitrogens is 1. The Labute approximate surface area is 102 Å². The SMILES string of the molecule is Cc1nc(N2CCCCCC2)ccc1/C=N/O. The zero-order valence-electron chi connectivity index (χ0n) is 10.3. The van der Waals surface area contributed by atoms with E-state index in [0.29, 0.717) is 0 Å². The summed E-state index contributed by atoms with van der Waals surface area (Å²) in [6.07, 6.45) is 6.57.